The number of ether oxygens (including phenoxy) is 1. The lowest BCUT2D eigenvalue weighted by molar-refractivity contribution is 0.340. The highest BCUT2D eigenvalue weighted by Gasteiger charge is 2.16. The first kappa shape index (κ1) is 21.8. The molecule has 1 heterocycles. The van der Waals surface area contributed by atoms with Crippen molar-refractivity contribution >= 4 is 35.0 Å². The van der Waals surface area contributed by atoms with Gasteiger partial charge in [-0.2, -0.15) is 0 Å². The van der Waals surface area contributed by atoms with Gasteiger partial charge in [-0.3, -0.25) is 4.57 Å². The van der Waals surface area contributed by atoms with Crippen molar-refractivity contribution in [1.82, 2.24) is 14.8 Å². The van der Waals surface area contributed by atoms with Crippen LogP contribution in [0.5, 0.6) is 5.75 Å². The first-order valence-electron chi connectivity index (χ1n) is 9.92. The lowest BCUT2D eigenvalue weighted by atomic mass is 10.1. The molecular weight excluding hydrogens is 449 g/mol. The molecule has 4 nitrogen and oxygen atoms in total. The monoisotopic (exact) mass is 469 g/mol. The van der Waals surface area contributed by atoms with Crippen LogP contribution in [0.4, 0.5) is 0 Å². The van der Waals surface area contributed by atoms with Gasteiger partial charge >= 0.3 is 0 Å². The number of thioether (sulfide) groups is 1. The van der Waals surface area contributed by atoms with Gasteiger partial charge < -0.3 is 4.74 Å². The molecule has 31 heavy (non-hydrogen) atoms. The van der Waals surface area contributed by atoms with E-state index in [0.717, 1.165) is 28.0 Å². The normalized spacial score (nSPS) is 10.9. The molecule has 0 bridgehead atoms. The summed E-state index contributed by atoms with van der Waals surface area (Å²) in [4.78, 5) is 0. The molecule has 0 unspecified atom stereocenters. The van der Waals surface area contributed by atoms with Crippen LogP contribution >= 0.6 is 35.0 Å². The van der Waals surface area contributed by atoms with Crippen molar-refractivity contribution in [3.8, 4) is 11.4 Å². The maximum Gasteiger partial charge on any atom is 0.196 e. The predicted octanol–water partition coefficient (Wildman–Crippen LogP) is 6.86. The van der Waals surface area contributed by atoms with E-state index in [1.54, 1.807) is 17.8 Å². The molecule has 0 radical (unpaired) electrons. The minimum Gasteiger partial charge on any atom is -0.494 e. The van der Waals surface area contributed by atoms with Crippen LogP contribution < -0.4 is 4.74 Å². The molecule has 0 fully saturated rings. The van der Waals surface area contributed by atoms with Gasteiger partial charge in [-0.05, 0) is 54.4 Å². The average Bonchev–Trinajstić information content (AvgIpc) is 3.17. The molecule has 0 aliphatic heterocycles. The lowest BCUT2D eigenvalue weighted by Crippen LogP contribution is -2.04. The first-order chi connectivity index (χ1) is 15.1. The summed E-state index contributed by atoms with van der Waals surface area (Å²) in [6.07, 6.45) is 0.684. The third-order valence-corrected chi connectivity index (χ3v) is 6.25. The zero-order chi connectivity index (χ0) is 21.6. The Balaban J connectivity index is 1.65. The van der Waals surface area contributed by atoms with Gasteiger partial charge in [0, 0.05) is 27.9 Å². The largest absolute Gasteiger partial charge is 0.494 e. The molecule has 0 aliphatic rings. The standard InChI is InChI=1S/C24H21Cl2N3OS/c1-2-30-21-12-10-20(11-13-21)29-23(14-17-6-4-3-5-7-17)27-28-24(29)31-16-18-8-9-19(25)15-22(18)26/h3-13,15H,2,14,16H2,1H3. The van der Waals surface area contributed by atoms with Gasteiger partial charge in [0.1, 0.15) is 11.6 Å². The molecule has 0 N–H and O–H groups in total. The maximum atomic E-state index is 6.36. The van der Waals surface area contributed by atoms with Crippen molar-refractivity contribution in [2.75, 3.05) is 6.61 Å². The number of halogens is 2. The van der Waals surface area contributed by atoms with Gasteiger partial charge in [0.15, 0.2) is 5.16 Å². The fraction of sp³-hybridized carbons (Fsp3) is 0.167. The Bertz CT molecular complexity index is 1150. The minimum atomic E-state index is 0.626. The Labute approximate surface area is 196 Å². The van der Waals surface area contributed by atoms with Gasteiger partial charge in [0.2, 0.25) is 0 Å². The van der Waals surface area contributed by atoms with Crippen LogP contribution in [0.25, 0.3) is 5.69 Å². The number of hydrogen-bond donors (Lipinski definition) is 0. The Morgan fingerprint density at radius 2 is 1.71 bits per heavy atom. The fourth-order valence-electron chi connectivity index (χ4n) is 3.19. The quantitative estimate of drug-likeness (QED) is 0.264. The highest BCUT2D eigenvalue weighted by Crippen LogP contribution is 2.30. The second kappa shape index (κ2) is 10.2. The molecule has 0 spiro atoms. The van der Waals surface area contributed by atoms with Crippen LogP contribution in [-0.4, -0.2) is 21.4 Å². The number of nitrogens with zero attached hydrogens (tertiary/aromatic N) is 3. The molecule has 0 atom stereocenters. The summed E-state index contributed by atoms with van der Waals surface area (Å²) in [6.45, 7) is 2.61. The Kier molecular flexibility index (Phi) is 7.17. The molecule has 4 aromatic rings. The predicted molar refractivity (Wildman–Crippen MR) is 128 cm³/mol. The average molecular weight is 470 g/mol. The minimum absolute atomic E-state index is 0.626. The van der Waals surface area contributed by atoms with Crippen molar-refractivity contribution in [3.05, 3.63) is 99.8 Å². The number of benzene rings is 3. The van der Waals surface area contributed by atoms with E-state index in [0.29, 0.717) is 28.8 Å². The van der Waals surface area contributed by atoms with Crippen LogP contribution in [0.2, 0.25) is 10.0 Å². The molecule has 3 aromatic carbocycles. The van der Waals surface area contributed by atoms with Crippen LogP contribution in [-0.2, 0) is 12.2 Å². The second-order valence-corrected chi connectivity index (χ2v) is 8.63. The summed E-state index contributed by atoms with van der Waals surface area (Å²) >= 11 is 14.0. The van der Waals surface area contributed by atoms with E-state index in [9.17, 15) is 0 Å². The summed E-state index contributed by atoms with van der Waals surface area (Å²) in [5.41, 5.74) is 3.17. The fourth-order valence-corrected chi connectivity index (χ4v) is 4.71. The molecule has 4 rings (SSSR count). The van der Waals surface area contributed by atoms with E-state index in [1.165, 1.54) is 5.56 Å². The smallest absolute Gasteiger partial charge is 0.196 e. The Morgan fingerprint density at radius 1 is 0.935 bits per heavy atom. The van der Waals surface area contributed by atoms with Crippen LogP contribution in [0.15, 0.2) is 78.0 Å². The number of aromatic nitrogens is 3. The molecule has 1 aromatic heterocycles. The second-order valence-electron chi connectivity index (χ2n) is 6.85. The van der Waals surface area contributed by atoms with E-state index >= 15 is 0 Å². The van der Waals surface area contributed by atoms with Gasteiger partial charge in [0.05, 0.1) is 6.61 Å². The molecule has 0 amide bonds. The van der Waals surface area contributed by atoms with E-state index in [-0.39, 0.29) is 0 Å². The van der Waals surface area contributed by atoms with Crippen molar-refractivity contribution in [2.45, 2.75) is 24.3 Å². The van der Waals surface area contributed by atoms with Gasteiger partial charge in [-0.25, -0.2) is 0 Å². The van der Waals surface area contributed by atoms with Crippen molar-refractivity contribution in [2.24, 2.45) is 0 Å². The van der Waals surface area contributed by atoms with E-state index < -0.39 is 0 Å². The molecule has 158 valence electrons. The van der Waals surface area contributed by atoms with Crippen LogP contribution in [0, 0.1) is 0 Å². The molecule has 0 saturated carbocycles. The third-order valence-electron chi connectivity index (χ3n) is 4.68. The summed E-state index contributed by atoms with van der Waals surface area (Å²) in [6, 6.07) is 23.8. The van der Waals surface area contributed by atoms with Gasteiger partial charge in [-0.1, -0.05) is 71.4 Å². The zero-order valence-electron chi connectivity index (χ0n) is 17.0. The summed E-state index contributed by atoms with van der Waals surface area (Å²) in [5, 5.41) is 11.1. The van der Waals surface area contributed by atoms with Gasteiger partial charge in [0.25, 0.3) is 0 Å². The number of rotatable bonds is 8. The molecule has 0 saturated heterocycles. The van der Waals surface area contributed by atoms with E-state index in [4.69, 9.17) is 27.9 Å². The molecular formula is C24H21Cl2N3OS. The van der Waals surface area contributed by atoms with Crippen LogP contribution in [0.1, 0.15) is 23.9 Å². The third kappa shape index (κ3) is 5.42. The topological polar surface area (TPSA) is 39.9 Å². The van der Waals surface area contributed by atoms with Crippen LogP contribution in [0.3, 0.4) is 0 Å². The van der Waals surface area contributed by atoms with Crippen molar-refractivity contribution in [3.63, 3.8) is 0 Å². The van der Waals surface area contributed by atoms with E-state index in [2.05, 4.69) is 26.9 Å². The summed E-state index contributed by atoms with van der Waals surface area (Å²) in [7, 11) is 0. The zero-order valence-corrected chi connectivity index (χ0v) is 19.3. The van der Waals surface area contributed by atoms with Gasteiger partial charge in [-0.15, -0.1) is 10.2 Å². The highest BCUT2D eigenvalue weighted by atomic mass is 35.5. The highest BCUT2D eigenvalue weighted by molar-refractivity contribution is 7.98. The molecule has 7 heteroatoms. The van der Waals surface area contributed by atoms with Crippen molar-refractivity contribution < 1.29 is 4.74 Å². The van der Waals surface area contributed by atoms with E-state index in [1.807, 2.05) is 61.5 Å². The summed E-state index contributed by atoms with van der Waals surface area (Å²) in [5.74, 6) is 2.38. The lowest BCUT2D eigenvalue weighted by Gasteiger charge is -2.12. The number of hydrogen-bond acceptors (Lipinski definition) is 4. The first-order valence-corrected chi connectivity index (χ1v) is 11.7. The maximum absolute atomic E-state index is 6.36. The summed E-state index contributed by atoms with van der Waals surface area (Å²) < 4.78 is 7.69. The Hall–Kier alpha value is -2.47. The van der Waals surface area contributed by atoms with Crippen molar-refractivity contribution in [1.29, 1.82) is 0 Å². The SMILES string of the molecule is CCOc1ccc(-n2c(Cc3ccccc3)nnc2SCc2ccc(Cl)cc2Cl)cc1. The molecule has 0 aliphatic carbocycles. The Morgan fingerprint density at radius 3 is 2.42 bits per heavy atom.